The normalized spacial score (nSPS) is 26.3. The number of benzene rings is 1. The Labute approximate surface area is 179 Å². The standard InChI is InChI=1S/C25H33NO4/c1-4-5-8-16(2)20(27)14-13-18-21(28)15-22-24(18)19-11-6-9-17(25(19)30-22)10-7-12-23(29)26-3/h6,9,11,13-14,16,18,20-22,24,27-28H,7-8,10,12,15H2,1-3H3,(H,26,29)/t16-,18-,20+,21+,22-,24-/m0/s1. The van der Waals surface area contributed by atoms with Crippen LogP contribution in [-0.2, 0) is 11.2 Å². The van der Waals surface area contributed by atoms with Gasteiger partial charge >= 0.3 is 0 Å². The van der Waals surface area contributed by atoms with Crippen LogP contribution in [0.3, 0.4) is 0 Å². The van der Waals surface area contributed by atoms with E-state index in [1.54, 1.807) is 14.0 Å². The minimum Gasteiger partial charge on any atom is -0.489 e. The van der Waals surface area contributed by atoms with E-state index in [9.17, 15) is 15.0 Å². The second-order valence-electron chi connectivity index (χ2n) is 8.41. The molecule has 1 amide bonds. The maximum absolute atomic E-state index is 11.5. The van der Waals surface area contributed by atoms with E-state index < -0.39 is 12.2 Å². The van der Waals surface area contributed by atoms with Crippen LogP contribution in [0.1, 0.15) is 56.6 Å². The Bertz CT molecular complexity index is 837. The number of aliphatic hydroxyl groups excluding tert-OH is 2. The topological polar surface area (TPSA) is 78.8 Å². The number of fused-ring (bicyclic) bond motifs is 3. The van der Waals surface area contributed by atoms with Gasteiger partial charge in [0.15, 0.2) is 0 Å². The van der Waals surface area contributed by atoms with Crippen LogP contribution in [0.2, 0.25) is 0 Å². The molecule has 1 aliphatic heterocycles. The van der Waals surface area contributed by atoms with Crippen molar-refractivity contribution in [2.75, 3.05) is 7.05 Å². The fourth-order valence-electron chi connectivity index (χ4n) is 4.55. The number of aliphatic hydroxyl groups is 2. The summed E-state index contributed by atoms with van der Waals surface area (Å²) in [6.45, 7) is 3.78. The largest absolute Gasteiger partial charge is 0.489 e. The predicted octanol–water partition coefficient (Wildman–Crippen LogP) is 2.95. The predicted molar refractivity (Wildman–Crippen MR) is 117 cm³/mol. The number of carbonyl (C=O) groups excluding carboxylic acids is 1. The summed E-state index contributed by atoms with van der Waals surface area (Å²) >= 11 is 0. The summed E-state index contributed by atoms with van der Waals surface area (Å²) in [6, 6.07) is 6.17. The monoisotopic (exact) mass is 411 g/mol. The molecule has 1 aromatic carbocycles. The molecule has 3 N–H and O–H groups in total. The van der Waals surface area contributed by atoms with Crippen molar-refractivity contribution < 1.29 is 19.7 Å². The maximum atomic E-state index is 11.5. The summed E-state index contributed by atoms with van der Waals surface area (Å²) in [6.07, 6.45) is 5.93. The van der Waals surface area contributed by atoms with Crippen molar-refractivity contribution in [1.82, 2.24) is 5.32 Å². The third kappa shape index (κ3) is 4.88. The minimum atomic E-state index is -0.588. The zero-order valence-corrected chi connectivity index (χ0v) is 18.1. The van der Waals surface area contributed by atoms with E-state index in [-0.39, 0.29) is 29.8 Å². The molecule has 6 atom stereocenters. The molecule has 1 saturated carbocycles. The first-order valence-electron chi connectivity index (χ1n) is 10.9. The van der Waals surface area contributed by atoms with Crippen LogP contribution >= 0.6 is 0 Å². The van der Waals surface area contributed by atoms with E-state index in [2.05, 4.69) is 29.3 Å². The number of hydrogen-bond acceptors (Lipinski definition) is 4. The number of carbonyl (C=O) groups is 1. The van der Waals surface area contributed by atoms with Crippen molar-refractivity contribution in [3.05, 3.63) is 41.5 Å². The molecular formula is C25H33NO4. The smallest absolute Gasteiger partial charge is 0.219 e. The number of nitrogens with one attached hydrogen (secondary N) is 1. The third-order valence-electron chi connectivity index (χ3n) is 6.33. The van der Waals surface area contributed by atoms with E-state index in [4.69, 9.17) is 4.74 Å². The van der Waals surface area contributed by atoms with E-state index >= 15 is 0 Å². The summed E-state index contributed by atoms with van der Waals surface area (Å²) in [5.41, 5.74) is 2.25. The lowest BCUT2D eigenvalue weighted by Crippen LogP contribution is -2.19. The molecule has 2 aliphatic rings. The van der Waals surface area contributed by atoms with E-state index in [1.165, 1.54) is 0 Å². The second-order valence-corrected chi connectivity index (χ2v) is 8.41. The summed E-state index contributed by atoms with van der Waals surface area (Å²) in [5, 5.41) is 23.7. The van der Waals surface area contributed by atoms with Crippen LogP contribution < -0.4 is 10.1 Å². The number of para-hydroxylation sites is 1. The van der Waals surface area contributed by atoms with Crippen molar-refractivity contribution in [3.8, 4) is 17.6 Å². The van der Waals surface area contributed by atoms with Crippen LogP contribution in [0, 0.1) is 23.7 Å². The van der Waals surface area contributed by atoms with E-state index in [1.807, 2.05) is 25.1 Å². The molecular weight excluding hydrogens is 378 g/mol. The molecule has 5 nitrogen and oxygen atoms in total. The molecule has 1 fully saturated rings. The lowest BCUT2D eigenvalue weighted by molar-refractivity contribution is -0.120. The quantitative estimate of drug-likeness (QED) is 0.454. The molecule has 0 aromatic heterocycles. The molecule has 0 radical (unpaired) electrons. The summed E-state index contributed by atoms with van der Waals surface area (Å²) < 4.78 is 6.28. The Morgan fingerprint density at radius 2 is 2.23 bits per heavy atom. The maximum Gasteiger partial charge on any atom is 0.219 e. The van der Waals surface area contributed by atoms with E-state index in [0.29, 0.717) is 19.3 Å². The Hall–Kier alpha value is -2.29. The van der Waals surface area contributed by atoms with Gasteiger partial charge in [-0.3, -0.25) is 4.79 Å². The average Bonchev–Trinajstić information content (AvgIpc) is 3.25. The highest BCUT2D eigenvalue weighted by molar-refractivity contribution is 5.75. The van der Waals surface area contributed by atoms with Crippen LogP contribution in [0.4, 0.5) is 0 Å². The van der Waals surface area contributed by atoms with Gasteiger partial charge in [-0.2, -0.15) is 0 Å². The average molecular weight is 412 g/mol. The molecule has 30 heavy (non-hydrogen) atoms. The number of ether oxygens (including phenoxy) is 1. The summed E-state index contributed by atoms with van der Waals surface area (Å²) in [4.78, 5) is 11.5. The summed E-state index contributed by atoms with van der Waals surface area (Å²) in [5.74, 6) is 6.88. The van der Waals surface area contributed by atoms with Crippen molar-refractivity contribution in [2.24, 2.45) is 11.8 Å². The van der Waals surface area contributed by atoms with Gasteiger partial charge in [0.2, 0.25) is 5.91 Å². The highest BCUT2D eigenvalue weighted by Crippen LogP contribution is 2.52. The van der Waals surface area contributed by atoms with Crippen molar-refractivity contribution >= 4 is 5.91 Å². The van der Waals surface area contributed by atoms with Gasteiger partial charge in [-0.05, 0) is 31.2 Å². The van der Waals surface area contributed by atoms with Gasteiger partial charge < -0.3 is 20.3 Å². The highest BCUT2D eigenvalue weighted by atomic mass is 16.5. The second kappa shape index (κ2) is 10.1. The molecule has 1 aliphatic carbocycles. The van der Waals surface area contributed by atoms with Crippen molar-refractivity contribution in [3.63, 3.8) is 0 Å². The van der Waals surface area contributed by atoms with Crippen molar-refractivity contribution in [1.29, 1.82) is 0 Å². The third-order valence-corrected chi connectivity index (χ3v) is 6.33. The van der Waals surface area contributed by atoms with Crippen LogP contribution in [0.15, 0.2) is 30.4 Å². The Morgan fingerprint density at radius 1 is 1.43 bits per heavy atom. The van der Waals surface area contributed by atoms with Gasteiger partial charge in [0, 0.05) is 43.7 Å². The minimum absolute atomic E-state index is 0.0436. The molecule has 5 heteroatoms. The number of aryl methyl sites for hydroxylation is 1. The Balaban J connectivity index is 1.73. The molecule has 3 rings (SSSR count). The first kappa shape index (κ1) is 22.4. The first-order chi connectivity index (χ1) is 14.5. The van der Waals surface area contributed by atoms with Gasteiger partial charge in [-0.1, -0.05) is 37.3 Å². The van der Waals surface area contributed by atoms with E-state index in [0.717, 1.165) is 29.7 Å². The fraction of sp³-hybridized carbons (Fsp3) is 0.560. The molecule has 0 saturated heterocycles. The summed E-state index contributed by atoms with van der Waals surface area (Å²) in [7, 11) is 1.65. The Morgan fingerprint density at radius 3 is 2.97 bits per heavy atom. The molecule has 0 unspecified atom stereocenters. The zero-order chi connectivity index (χ0) is 21.7. The molecule has 1 heterocycles. The molecule has 1 aromatic rings. The van der Waals surface area contributed by atoms with Gasteiger partial charge in [-0.15, -0.1) is 11.8 Å². The lowest BCUT2D eigenvalue weighted by atomic mass is 9.86. The SMILES string of the molecule is CC#CC[C@H](C)[C@H](O)C=C[C@@H]1[C@H]2c3cccc(CCCC(=O)NC)c3O[C@H]2C[C@H]1O. The Kier molecular flexibility index (Phi) is 7.58. The van der Waals surface area contributed by atoms with Crippen molar-refractivity contribution in [2.45, 2.75) is 70.2 Å². The lowest BCUT2D eigenvalue weighted by Gasteiger charge is -2.19. The van der Waals surface area contributed by atoms with Crippen LogP contribution in [-0.4, -0.2) is 41.5 Å². The van der Waals surface area contributed by atoms with Crippen LogP contribution in [0.5, 0.6) is 5.75 Å². The highest BCUT2D eigenvalue weighted by Gasteiger charge is 2.48. The number of rotatable bonds is 8. The van der Waals surface area contributed by atoms with Gasteiger partial charge in [-0.25, -0.2) is 0 Å². The first-order valence-corrected chi connectivity index (χ1v) is 10.9. The van der Waals surface area contributed by atoms with Gasteiger partial charge in [0.05, 0.1) is 12.2 Å². The van der Waals surface area contributed by atoms with Gasteiger partial charge in [0.25, 0.3) is 0 Å². The van der Waals surface area contributed by atoms with Gasteiger partial charge in [0.1, 0.15) is 11.9 Å². The molecule has 162 valence electrons. The molecule has 0 spiro atoms. The number of amides is 1. The zero-order valence-electron chi connectivity index (χ0n) is 18.1. The van der Waals surface area contributed by atoms with Crippen LogP contribution in [0.25, 0.3) is 0 Å². The number of hydrogen-bond donors (Lipinski definition) is 3. The fourth-order valence-corrected chi connectivity index (χ4v) is 4.55. The molecule has 0 bridgehead atoms.